The van der Waals surface area contributed by atoms with Crippen molar-refractivity contribution in [3.8, 4) is 11.5 Å². The molecule has 6 nitrogen and oxygen atoms in total. The molecule has 0 radical (unpaired) electrons. The summed E-state index contributed by atoms with van der Waals surface area (Å²) >= 11 is 0. The summed E-state index contributed by atoms with van der Waals surface area (Å²) in [4.78, 5) is 26.5. The summed E-state index contributed by atoms with van der Waals surface area (Å²) in [5, 5.41) is 2.88. The van der Waals surface area contributed by atoms with Crippen molar-refractivity contribution in [2.75, 3.05) is 25.2 Å². The van der Waals surface area contributed by atoms with Gasteiger partial charge in [-0.05, 0) is 24.1 Å². The molecule has 1 saturated heterocycles. The summed E-state index contributed by atoms with van der Waals surface area (Å²) in [6.07, 6.45) is 1.05. The fourth-order valence-corrected chi connectivity index (χ4v) is 3.29. The van der Waals surface area contributed by atoms with Crippen LogP contribution in [0.4, 0.5) is 5.69 Å². The number of benzene rings is 2. The van der Waals surface area contributed by atoms with Gasteiger partial charge in [0.05, 0.1) is 5.92 Å². The summed E-state index contributed by atoms with van der Waals surface area (Å²) in [5.74, 6) is 0.857. The third kappa shape index (κ3) is 3.49. The molecule has 1 N–H and O–H groups in total. The number of anilines is 1. The lowest BCUT2D eigenvalue weighted by molar-refractivity contribution is -0.128. The minimum absolute atomic E-state index is 0.0340. The van der Waals surface area contributed by atoms with Crippen LogP contribution in [0.1, 0.15) is 12.0 Å². The average molecular weight is 352 g/mol. The molecular weight excluding hydrogens is 332 g/mol. The van der Waals surface area contributed by atoms with E-state index in [2.05, 4.69) is 5.32 Å². The molecule has 2 heterocycles. The minimum Gasteiger partial charge on any atom is -0.454 e. The van der Waals surface area contributed by atoms with Crippen LogP contribution in [-0.4, -0.2) is 36.6 Å². The Bertz CT molecular complexity index is 822. The SMILES string of the molecule is O=C(Nc1ccc2c(c1)OCO2)[C@@H]1CC(=O)N(CCc2ccccc2)C1. The van der Waals surface area contributed by atoms with Crippen LogP contribution in [0.5, 0.6) is 11.5 Å². The number of fused-ring (bicyclic) bond motifs is 1. The Hall–Kier alpha value is -3.02. The van der Waals surface area contributed by atoms with Crippen LogP contribution in [0.25, 0.3) is 0 Å². The molecule has 1 fully saturated rings. The molecule has 134 valence electrons. The van der Waals surface area contributed by atoms with Gasteiger partial charge in [0.15, 0.2) is 11.5 Å². The zero-order valence-electron chi connectivity index (χ0n) is 14.3. The molecule has 0 aliphatic carbocycles. The van der Waals surface area contributed by atoms with E-state index in [9.17, 15) is 9.59 Å². The predicted octanol–water partition coefficient (Wildman–Crippen LogP) is 2.45. The molecule has 0 bridgehead atoms. The first-order valence-electron chi connectivity index (χ1n) is 8.71. The maximum Gasteiger partial charge on any atom is 0.231 e. The normalized spacial score (nSPS) is 18.2. The summed E-state index contributed by atoms with van der Waals surface area (Å²) in [5.41, 5.74) is 1.84. The van der Waals surface area contributed by atoms with Crippen LogP contribution in [0.3, 0.4) is 0 Å². The highest BCUT2D eigenvalue weighted by Crippen LogP contribution is 2.34. The lowest BCUT2D eigenvalue weighted by atomic mass is 10.1. The predicted molar refractivity (Wildman–Crippen MR) is 96.0 cm³/mol. The van der Waals surface area contributed by atoms with Crippen molar-refractivity contribution in [3.63, 3.8) is 0 Å². The highest BCUT2D eigenvalue weighted by molar-refractivity contribution is 5.97. The third-order valence-corrected chi connectivity index (χ3v) is 4.74. The van der Waals surface area contributed by atoms with Gasteiger partial charge in [0.25, 0.3) is 0 Å². The smallest absolute Gasteiger partial charge is 0.231 e. The quantitative estimate of drug-likeness (QED) is 0.897. The van der Waals surface area contributed by atoms with E-state index in [1.54, 1.807) is 23.1 Å². The summed E-state index contributed by atoms with van der Waals surface area (Å²) in [6, 6.07) is 15.3. The molecule has 2 amide bonds. The van der Waals surface area contributed by atoms with E-state index in [0.717, 1.165) is 6.42 Å². The zero-order chi connectivity index (χ0) is 17.9. The molecular formula is C20H20N2O4. The van der Waals surface area contributed by atoms with Crippen LogP contribution in [0.2, 0.25) is 0 Å². The number of ether oxygens (including phenoxy) is 2. The van der Waals surface area contributed by atoms with Crippen molar-refractivity contribution >= 4 is 17.5 Å². The molecule has 26 heavy (non-hydrogen) atoms. The van der Waals surface area contributed by atoms with Crippen molar-refractivity contribution in [3.05, 3.63) is 54.1 Å². The monoisotopic (exact) mass is 352 g/mol. The summed E-state index contributed by atoms with van der Waals surface area (Å²) in [7, 11) is 0. The molecule has 2 aliphatic heterocycles. The highest BCUT2D eigenvalue weighted by Gasteiger charge is 2.34. The zero-order valence-corrected chi connectivity index (χ0v) is 14.3. The molecule has 0 spiro atoms. The van der Waals surface area contributed by atoms with Crippen LogP contribution in [-0.2, 0) is 16.0 Å². The fourth-order valence-electron chi connectivity index (χ4n) is 3.29. The van der Waals surface area contributed by atoms with E-state index in [-0.39, 0.29) is 30.9 Å². The van der Waals surface area contributed by atoms with E-state index in [0.29, 0.717) is 30.3 Å². The van der Waals surface area contributed by atoms with E-state index in [1.807, 2.05) is 30.3 Å². The van der Waals surface area contributed by atoms with Gasteiger partial charge in [0.1, 0.15) is 0 Å². The second kappa shape index (κ2) is 7.07. The Morgan fingerprint density at radius 3 is 2.77 bits per heavy atom. The number of hydrogen-bond donors (Lipinski definition) is 1. The number of rotatable bonds is 5. The lowest BCUT2D eigenvalue weighted by Gasteiger charge is -2.16. The summed E-state index contributed by atoms with van der Waals surface area (Å²) in [6.45, 7) is 1.29. The number of likely N-dealkylation sites (tertiary alicyclic amines) is 1. The van der Waals surface area contributed by atoms with Crippen LogP contribution < -0.4 is 14.8 Å². The molecule has 0 unspecified atom stereocenters. The number of carbonyl (C=O) groups excluding carboxylic acids is 2. The molecule has 0 saturated carbocycles. The first-order chi connectivity index (χ1) is 12.7. The Morgan fingerprint density at radius 1 is 1.12 bits per heavy atom. The average Bonchev–Trinajstić information content (AvgIpc) is 3.27. The van der Waals surface area contributed by atoms with Crippen molar-refractivity contribution < 1.29 is 19.1 Å². The number of nitrogens with zero attached hydrogens (tertiary/aromatic N) is 1. The molecule has 6 heteroatoms. The van der Waals surface area contributed by atoms with E-state index < -0.39 is 0 Å². The standard InChI is InChI=1S/C20H20N2O4/c23-19-10-15(12-22(19)9-8-14-4-2-1-3-5-14)20(24)21-16-6-7-17-18(11-16)26-13-25-17/h1-7,11,15H,8-10,12-13H2,(H,21,24)/t15-/m1/s1. The molecule has 0 aromatic heterocycles. The maximum absolute atomic E-state index is 12.5. The topological polar surface area (TPSA) is 67.9 Å². The third-order valence-electron chi connectivity index (χ3n) is 4.74. The summed E-state index contributed by atoms with van der Waals surface area (Å²) < 4.78 is 10.6. The van der Waals surface area contributed by atoms with Crippen LogP contribution in [0.15, 0.2) is 48.5 Å². The van der Waals surface area contributed by atoms with Crippen molar-refractivity contribution in [2.24, 2.45) is 5.92 Å². The minimum atomic E-state index is -0.330. The number of amides is 2. The van der Waals surface area contributed by atoms with Crippen molar-refractivity contribution in [1.82, 2.24) is 4.90 Å². The molecule has 1 atom stereocenters. The number of nitrogens with one attached hydrogen (secondary N) is 1. The maximum atomic E-state index is 12.5. The Kier molecular flexibility index (Phi) is 4.48. The molecule has 2 aromatic carbocycles. The molecule has 2 aliphatic rings. The second-order valence-corrected chi connectivity index (χ2v) is 6.53. The van der Waals surface area contributed by atoms with Crippen LogP contribution in [0, 0.1) is 5.92 Å². The molecule has 2 aromatic rings. The number of carbonyl (C=O) groups is 2. The van der Waals surface area contributed by atoms with E-state index in [1.165, 1.54) is 5.56 Å². The van der Waals surface area contributed by atoms with Gasteiger partial charge in [0, 0.05) is 31.3 Å². The Morgan fingerprint density at radius 2 is 1.92 bits per heavy atom. The van der Waals surface area contributed by atoms with Gasteiger partial charge in [0.2, 0.25) is 18.6 Å². The lowest BCUT2D eigenvalue weighted by Crippen LogP contribution is -2.30. The van der Waals surface area contributed by atoms with Gasteiger partial charge < -0.3 is 19.7 Å². The van der Waals surface area contributed by atoms with Gasteiger partial charge in [-0.3, -0.25) is 9.59 Å². The largest absolute Gasteiger partial charge is 0.454 e. The fraction of sp³-hybridized carbons (Fsp3) is 0.300. The molecule has 4 rings (SSSR count). The van der Waals surface area contributed by atoms with Gasteiger partial charge in [-0.15, -0.1) is 0 Å². The first kappa shape index (κ1) is 16.4. The Balaban J connectivity index is 1.33. The van der Waals surface area contributed by atoms with Crippen LogP contribution >= 0.6 is 0 Å². The van der Waals surface area contributed by atoms with Crippen molar-refractivity contribution in [1.29, 1.82) is 0 Å². The Labute approximate surface area is 151 Å². The number of hydrogen-bond acceptors (Lipinski definition) is 4. The van der Waals surface area contributed by atoms with Gasteiger partial charge in [-0.25, -0.2) is 0 Å². The van der Waals surface area contributed by atoms with E-state index in [4.69, 9.17) is 9.47 Å². The van der Waals surface area contributed by atoms with E-state index >= 15 is 0 Å². The second-order valence-electron chi connectivity index (χ2n) is 6.53. The first-order valence-corrected chi connectivity index (χ1v) is 8.71. The van der Waals surface area contributed by atoms with Gasteiger partial charge in [-0.2, -0.15) is 0 Å². The van der Waals surface area contributed by atoms with Crippen molar-refractivity contribution in [2.45, 2.75) is 12.8 Å². The van der Waals surface area contributed by atoms with Gasteiger partial charge in [-0.1, -0.05) is 30.3 Å². The van der Waals surface area contributed by atoms with Gasteiger partial charge >= 0.3 is 0 Å². The highest BCUT2D eigenvalue weighted by atomic mass is 16.7.